The summed E-state index contributed by atoms with van der Waals surface area (Å²) in [5.41, 5.74) is -0.313. The van der Waals surface area contributed by atoms with E-state index in [-0.39, 0.29) is 11.3 Å². The molecule has 92 valence electrons. The van der Waals surface area contributed by atoms with E-state index in [0.29, 0.717) is 5.71 Å². The number of nitrogens with one attached hydrogen (secondary N) is 1. The van der Waals surface area contributed by atoms with Crippen LogP contribution < -0.4 is 0 Å². The second-order valence-electron chi connectivity index (χ2n) is 3.27. The number of nitrogens with zero attached hydrogens (tertiary/aromatic N) is 2. The van der Waals surface area contributed by atoms with Gasteiger partial charge in [0.2, 0.25) is 0 Å². The molecule has 1 rings (SSSR count). The van der Waals surface area contributed by atoms with Crippen LogP contribution in [-0.4, -0.2) is 15.9 Å². The highest BCUT2D eigenvalue weighted by Crippen LogP contribution is 2.31. The van der Waals surface area contributed by atoms with Crippen molar-refractivity contribution in [3.63, 3.8) is 0 Å². The predicted molar refractivity (Wildman–Crippen MR) is 59.9 cm³/mol. The van der Waals surface area contributed by atoms with Crippen molar-refractivity contribution >= 4 is 5.71 Å². The topological polar surface area (TPSA) is 41.0 Å². The molecular weight excluding hydrogens is 231 g/mol. The first-order valence-electron chi connectivity index (χ1n) is 4.85. The van der Waals surface area contributed by atoms with E-state index in [1.807, 2.05) is 5.10 Å². The molecule has 1 N–H and O–H groups in total. The molecule has 17 heavy (non-hydrogen) atoms. The normalized spacial score (nSPS) is 13.4. The number of rotatable bonds is 3. The minimum atomic E-state index is -4.44. The zero-order valence-electron chi connectivity index (χ0n) is 9.47. The summed E-state index contributed by atoms with van der Waals surface area (Å²) in [6.45, 7) is 6.50. The largest absolute Gasteiger partial charge is 0.433 e. The van der Waals surface area contributed by atoms with Crippen LogP contribution in [0.2, 0.25) is 0 Å². The Morgan fingerprint density at radius 1 is 1.47 bits per heavy atom. The van der Waals surface area contributed by atoms with Crippen molar-refractivity contribution in [3.8, 4) is 0 Å². The van der Waals surface area contributed by atoms with Gasteiger partial charge in [-0.3, -0.25) is 10.1 Å². The van der Waals surface area contributed by atoms with Gasteiger partial charge in [-0.15, -0.1) is 0 Å². The van der Waals surface area contributed by atoms with Crippen molar-refractivity contribution in [2.24, 2.45) is 4.99 Å². The van der Waals surface area contributed by atoms with Crippen molar-refractivity contribution in [2.75, 3.05) is 0 Å². The predicted octanol–water partition coefficient (Wildman–Crippen LogP) is 3.25. The van der Waals surface area contributed by atoms with Gasteiger partial charge in [-0.1, -0.05) is 12.7 Å². The van der Waals surface area contributed by atoms with E-state index in [1.165, 1.54) is 13.1 Å². The van der Waals surface area contributed by atoms with Gasteiger partial charge in [-0.05, 0) is 19.9 Å². The van der Waals surface area contributed by atoms with Gasteiger partial charge in [0.05, 0.1) is 5.71 Å². The molecule has 3 nitrogen and oxygen atoms in total. The fourth-order valence-electron chi connectivity index (χ4n) is 1.36. The lowest BCUT2D eigenvalue weighted by molar-refractivity contribution is -0.141. The molecule has 0 bridgehead atoms. The van der Waals surface area contributed by atoms with Gasteiger partial charge >= 0.3 is 6.18 Å². The van der Waals surface area contributed by atoms with Crippen molar-refractivity contribution in [1.29, 1.82) is 0 Å². The molecule has 1 heterocycles. The summed E-state index contributed by atoms with van der Waals surface area (Å²) in [5, 5.41) is 5.63. The van der Waals surface area contributed by atoms with Gasteiger partial charge in [0.1, 0.15) is 11.4 Å². The van der Waals surface area contributed by atoms with E-state index in [1.54, 1.807) is 19.1 Å². The molecule has 0 amide bonds. The van der Waals surface area contributed by atoms with Gasteiger partial charge in [-0.2, -0.15) is 18.3 Å². The summed E-state index contributed by atoms with van der Waals surface area (Å²) in [7, 11) is 0. The SMILES string of the molecule is C=CN=C(/C=C\C)c1n[nH]c(C(F)(F)F)c1C. The number of aliphatic imine (C=N–C) groups is 1. The summed E-state index contributed by atoms with van der Waals surface area (Å²) in [6.07, 6.45) is 0.0655. The Balaban J connectivity index is 3.29. The molecule has 0 saturated heterocycles. The van der Waals surface area contributed by atoms with Crippen LogP contribution in [0.3, 0.4) is 0 Å². The summed E-state index contributed by atoms with van der Waals surface area (Å²) in [5.74, 6) is 0. The van der Waals surface area contributed by atoms with E-state index < -0.39 is 11.9 Å². The molecule has 0 fully saturated rings. The van der Waals surface area contributed by atoms with E-state index in [2.05, 4.69) is 16.7 Å². The van der Waals surface area contributed by atoms with Gasteiger partial charge in [0.25, 0.3) is 0 Å². The quantitative estimate of drug-likeness (QED) is 0.813. The maximum absolute atomic E-state index is 12.5. The van der Waals surface area contributed by atoms with Crippen LogP contribution in [-0.2, 0) is 6.18 Å². The van der Waals surface area contributed by atoms with Crippen molar-refractivity contribution in [2.45, 2.75) is 20.0 Å². The Morgan fingerprint density at radius 2 is 2.12 bits per heavy atom. The Morgan fingerprint density at radius 3 is 2.53 bits per heavy atom. The van der Waals surface area contributed by atoms with Gasteiger partial charge in [0, 0.05) is 11.8 Å². The van der Waals surface area contributed by atoms with Crippen LogP contribution in [0.15, 0.2) is 29.9 Å². The lowest BCUT2D eigenvalue weighted by atomic mass is 10.1. The average Bonchev–Trinajstić information content (AvgIpc) is 2.59. The Hall–Kier alpha value is -1.85. The summed E-state index contributed by atoms with van der Waals surface area (Å²) in [6, 6.07) is 0. The van der Waals surface area contributed by atoms with Gasteiger partial charge < -0.3 is 0 Å². The molecule has 0 saturated carbocycles. The lowest BCUT2D eigenvalue weighted by Gasteiger charge is -2.04. The maximum atomic E-state index is 12.5. The number of hydrogen-bond donors (Lipinski definition) is 1. The number of allylic oxidation sites excluding steroid dienone is 2. The third-order valence-corrected chi connectivity index (χ3v) is 2.09. The minimum Gasteiger partial charge on any atom is -0.273 e. The number of aromatic nitrogens is 2. The molecule has 1 aromatic heterocycles. The molecule has 1 aromatic rings. The third-order valence-electron chi connectivity index (χ3n) is 2.09. The van der Waals surface area contributed by atoms with Crippen LogP contribution in [0.25, 0.3) is 0 Å². The number of hydrogen-bond acceptors (Lipinski definition) is 2. The smallest absolute Gasteiger partial charge is 0.273 e. The number of halogens is 3. The van der Waals surface area contributed by atoms with Gasteiger partial charge in [0.15, 0.2) is 0 Å². The zero-order chi connectivity index (χ0) is 13.1. The first kappa shape index (κ1) is 13.2. The molecule has 0 unspecified atom stereocenters. The molecule has 0 aliphatic rings. The van der Waals surface area contributed by atoms with Crippen molar-refractivity contribution in [3.05, 3.63) is 41.9 Å². The second kappa shape index (κ2) is 4.99. The Bertz CT molecular complexity index is 467. The van der Waals surface area contributed by atoms with E-state index in [0.717, 1.165) is 0 Å². The van der Waals surface area contributed by atoms with Crippen LogP contribution in [0, 0.1) is 6.92 Å². The zero-order valence-corrected chi connectivity index (χ0v) is 9.47. The number of H-pyrrole nitrogens is 1. The fraction of sp³-hybridized carbons (Fsp3) is 0.273. The molecule has 0 aliphatic carbocycles. The standard InChI is InChI=1S/C11H12F3N3/c1-4-6-8(15-5-2)9-7(3)10(17-16-9)11(12,13)14/h4-6H,2H2,1,3H3,(H,16,17)/b6-4-,15-8?. The fourth-order valence-corrected chi connectivity index (χ4v) is 1.36. The summed E-state index contributed by atoms with van der Waals surface area (Å²) in [4.78, 5) is 3.88. The highest BCUT2D eigenvalue weighted by atomic mass is 19.4. The summed E-state index contributed by atoms with van der Waals surface area (Å²) < 4.78 is 37.6. The molecule has 0 radical (unpaired) electrons. The van der Waals surface area contributed by atoms with Gasteiger partial charge in [-0.25, -0.2) is 0 Å². The summed E-state index contributed by atoms with van der Waals surface area (Å²) >= 11 is 0. The molecule has 6 heteroatoms. The van der Waals surface area contributed by atoms with Crippen LogP contribution >= 0.6 is 0 Å². The Kier molecular flexibility index (Phi) is 3.88. The van der Waals surface area contributed by atoms with Crippen LogP contribution in [0.4, 0.5) is 13.2 Å². The molecule has 0 aliphatic heterocycles. The molecule has 0 atom stereocenters. The first-order valence-corrected chi connectivity index (χ1v) is 4.85. The van der Waals surface area contributed by atoms with E-state index in [9.17, 15) is 13.2 Å². The molecule has 0 aromatic carbocycles. The van der Waals surface area contributed by atoms with Crippen LogP contribution in [0.5, 0.6) is 0 Å². The van der Waals surface area contributed by atoms with Crippen molar-refractivity contribution in [1.82, 2.24) is 10.2 Å². The van der Waals surface area contributed by atoms with E-state index in [4.69, 9.17) is 0 Å². The van der Waals surface area contributed by atoms with E-state index >= 15 is 0 Å². The Labute approximate surface area is 96.8 Å². The lowest BCUT2D eigenvalue weighted by Crippen LogP contribution is -2.08. The molecular formula is C11H12F3N3. The molecule has 0 spiro atoms. The second-order valence-corrected chi connectivity index (χ2v) is 3.27. The van der Waals surface area contributed by atoms with Crippen LogP contribution in [0.1, 0.15) is 23.9 Å². The number of alkyl halides is 3. The highest BCUT2D eigenvalue weighted by Gasteiger charge is 2.36. The highest BCUT2D eigenvalue weighted by molar-refractivity contribution is 6.08. The first-order chi connectivity index (χ1) is 7.91. The maximum Gasteiger partial charge on any atom is 0.433 e. The van der Waals surface area contributed by atoms with Crippen molar-refractivity contribution < 1.29 is 13.2 Å². The number of aromatic amines is 1. The average molecular weight is 243 g/mol. The third kappa shape index (κ3) is 2.83. The monoisotopic (exact) mass is 243 g/mol. The minimum absolute atomic E-state index is 0.0243.